The Kier molecular flexibility index (Phi) is 9.16. The topological polar surface area (TPSA) is 76.4 Å². The number of rotatable bonds is 7. The summed E-state index contributed by atoms with van der Waals surface area (Å²) in [6, 6.07) is 16.1. The molecule has 1 aromatic heterocycles. The number of aliphatic imine (C=N–C) groups is 1. The molecule has 7 nitrogen and oxygen atoms in total. The fourth-order valence-electron chi connectivity index (χ4n) is 3.65. The van der Waals surface area contributed by atoms with Crippen LogP contribution >= 0.6 is 35.6 Å². The van der Waals surface area contributed by atoms with Gasteiger partial charge in [0.2, 0.25) is 0 Å². The van der Waals surface area contributed by atoms with Crippen LogP contribution in [0, 0.1) is 0 Å². The second kappa shape index (κ2) is 12.1. The maximum Gasteiger partial charge on any atom is 0.192 e. The molecular formula is C23H28ClIN6O. The van der Waals surface area contributed by atoms with E-state index < -0.39 is 0 Å². The fourth-order valence-corrected chi connectivity index (χ4v) is 3.86. The Hall–Kier alpha value is -2.33. The van der Waals surface area contributed by atoms with Crippen LogP contribution in [0.3, 0.4) is 0 Å². The Morgan fingerprint density at radius 3 is 2.97 bits per heavy atom. The van der Waals surface area contributed by atoms with Gasteiger partial charge in [0.25, 0.3) is 0 Å². The van der Waals surface area contributed by atoms with Crippen molar-refractivity contribution in [2.24, 2.45) is 4.99 Å². The second-order valence-electron chi connectivity index (χ2n) is 7.39. The largest absolute Gasteiger partial charge is 0.493 e. The first kappa shape index (κ1) is 24.3. The molecular weight excluding hydrogens is 539 g/mol. The first-order valence-electron chi connectivity index (χ1n) is 10.6. The zero-order chi connectivity index (χ0) is 21.5. The van der Waals surface area contributed by atoms with E-state index in [1.165, 1.54) is 0 Å². The van der Waals surface area contributed by atoms with Crippen LogP contribution in [0.4, 0.5) is 0 Å². The molecule has 1 aliphatic rings. The number of hydrogen-bond donors (Lipinski definition) is 2. The second-order valence-corrected chi connectivity index (χ2v) is 7.82. The van der Waals surface area contributed by atoms with Crippen LogP contribution < -0.4 is 15.4 Å². The number of halogens is 2. The van der Waals surface area contributed by atoms with Gasteiger partial charge in [0.05, 0.1) is 19.2 Å². The summed E-state index contributed by atoms with van der Waals surface area (Å²) < 4.78 is 7.86. The van der Waals surface area contributed by atoms with Gasteiger partial charge >= 0.3 is 0 Å². The molecule has 2 heterocycles. The van der Waals surface area contributed by atoms with Crippen LogP contribution in [-0.4, -0.2) is 33.9 Å². The van der Waals surface area contributed by atoms with Crippen molar-refractivity contribution >= 4 is 41.5 Å². The van der Waals surface area contributed by atoms with E-state index in [2.05, 4.69) is 38.4 Å². The average Bonchev–Trinajstić information content (AvgIpc) is 3.25. The monoisotopic (exact) mass is 566 g/mol. The number of para-hydroxylation sites is 1. The number of ether oxygens (including phenoxy) is 1. The molecule has 3 aromatic rings. The molecule has 9 heteroatoms. The van der Waals surface area contributed by atoms with E-state index in [0.29, 0.717) is 24.7 Å². The Bertz CT molecular complexity index is 1040. The Labute approximate surface area is 210 Å². The molecule has 170 valence electrons. The van der Waals surface area contributed by atoms with E-state index in [1.807, 2.05) is 42.5 Å². The molecule has 4 rings (SSSR count). The summed E-state index contributed by atoms with van der Waals surface area (Å²) in [6.07, 6.45) is 3.50. The van der Waals surface area contributed by atoms with Crippen LogP contribution in [0.15, 0.2) is 59.9 Å². The highest BCUT2D eigenvalue weighted by Crippen LogP contribution is 2.31. The maximum atomic E-state index is 6.13. The summed E-state index contributed by atoms with van der Waals surface area (Å²) in [4.78, 5) is 4.82. The zero-order valence-electron chi connectivity index (χ0n) is 18.0. The maximum absolute atomic E-state index is 6.13. The molecule has 2 N–H and O–H groups in total. The summed E-state index contributed by atoms with van der Waals surface area (Å²) in [7, 11) is 0. The third-order valence-corrected chi connectivity index (χ3v) is 5.47. The van der Waals surface area contributed by atoms with Crippen LogP contribution in [0.1, 0.15) is 36.3 Å². The van der Waals surface area contributed by atoms with Crippen molar-refractivity contribution in [1.29, 1.82) is 0 Å². The van der Waals surface area contributed by atoms with Crippen LogP contribution in [-0.2, 0) is 19.5 Å². The van der Waals surface area contributed by atoms with Gasteiger partial charge in [-0.25, -0.2) is 4.99 Å². The minimum absolute atomic E-state index is 0. The summed E-state index contributed by atoms with van der Waals surface area (Å²) in [5.74, 6) is 2.66. The molecule has 0 saturated carbocycles. The van der Waals surface area contributed by atoms with Gasteiger partial charge in [0.1, 0.15) is 17.9 Å². The first-order chi connectivity index (χ1) is 15.2. The van der Waals surface area contributed by atoms with E-state index in [1.54, 1.807) is 6.33 Å². The van der Waals surface area contributed by atoms with Gasteiger partial charge in [0, 0.05) is 36.5 Å². The van der Waals surface area contributed by atoms with Gasteiger partial charge in [-0.1, -0.05) is 48.9 Å². The molecule has 0 bridgehead atoms. The molecule has 2 aromatic carbocycles. The lowest BCUT2D eigenvalue weighted by molar-refractivity contribution is 0.261. The molecule has 32 heavy (non-hydrogen) atoms. The third kappa shape index (κ3) is 6.35. The van der Waals surface area contributed by atoms with Gasteiger partial charge in [-0.3, -0.25) is 0 Å². The Balaban J connectivity index is 0.00000289. The first-order valence-corrected chi connectivity index (χ1v) is 11.0. The molecule has 1 atom stereocenters. The molecule has 0 radical (unpaired) electrons. The normalized spacial score (nSPS) is 15.3. The van der Waals surface area contributed by atoms with Crippen molar-refractivity contribution in [3.63, 3.8) is 0 Å². The average molecular weight is 567 g/mol. The standard InChI is InChI=1S/C23H27ClN6O.HI/c1-2-22-29-27-16-30(22)12-11-25-23(26-15-17-6-5-7-18(24)14-17)28-20-10-13-31-21-9-4-3-8-19(20)21;/h3-9,14,16,20H,2,10-13,15H2,1H3,(H2,25,26,28);1H. The lowest BCUT2D eigenvalue weighted by Crippen LogP contribution is -2.42. The molecule has 0 spiro atoms. The molecule has 0 aliphatic carbocycles. The highest BCUT2D eigenvalue weighted by Gasteiger charge is 2.21. The lowest BCUT2D eigenvalue weighted by Gasteiger charge is -2.28. The number of guanidine groups is 1. The number of nitrogens with one attached hydrogen (secondary N) is 2. The van der Waals surface area contributed by atoms with Gasteiger partial charge in [-0.05, 0) is 23.8 Å². The van der Waals surface area contributed by atoms with Gasteiger partial charge in [0.15, 0.2) is 5.96 Å². The van der Waals surface area contributed by atoms with Crippen molar-refractivity contribution in [1.82, 2.24) is 25.4 Å². The molecule has 0 amide bonds. The van der Waals surface area contributed by atoms with Gasteiger partial charge in [-0.2, -0.15) is 0 Å². The van der Waals surface area contributed by atoms with Crippen molar-refractivity contribution in [2.45, 2.75) is 38.9 Å². The van der Waals surface area contributed by atoms with Gasteiger partial charge in [-0.15, -0.1) is 34.2 Å². The van der Waals surface area contributed by atoms with E-state index >= 15 is 0 Å². The van der Waals surface area contributed by atoms with E-state index in [4.69, 9.17) is 21.3 Å². The quantitative estimate of drug-likeness (QED) is 0.252. The Morgan fingerprint density at radius 1 is 1.25 bits per heavy atom. The Morgan fingerprint density at radius 2 is 2.12 bits per heavy atom. The molecule has 1 aliphatic heterocycles. The van der Waals surface area contributed by atoms with E-state index in [0.717, 1.165) is 48.0 Å². The summed E-state index contributed by atoms with van der Waals surface area (Å²) in [5.41, 5.74) is 2.21. The highest BCUT2D eigenvalue weighted by atomic mass is 127. The smallest absolute Gasteiger partial charge is 0.192 e. The minimum Gasteiger partial charge on any atom is -0.493 e. The summed E-state index contributed by atoms with van der Waals surface area (Å²) in [5, 5.41) is 15.9. The van der Waals surface area contributed by atoms with Crippen molar-refractivity contribution in [2.75, 3.05) is 13.2 Å². The van der Waals surface area contributed by atoms with Crippen LogP contribution in [0.5, 0.6) is 5.75 Å². The highest BCUT2D eigenvalue weighted by molar-refractivity contribution is 14.0. The number of nitrogens with zero attached hydrogens (tertiary/aromatic N) is 4. The van der Waals surface area contributed by atoms with Crippen molar-refractivity contribution in [3.05, 3.63) is 76.8 Å². The molecule has 0 saturated heterocycles. The predicted molar refractivity (Wildman–Crippen MR) is 138 cm³/mol. The molecule has 1 unspecified atom stereocenters. The number of aryl methyl sites for hydroxylation is 1. The van der Waals surface area contributed by atoms with Crippen LogP contribution in [0.25, 0.3) is 0 Å². The fraction of sp³-hybridized carbons (Fsp3) is 0.348. The number of benzene rings is 2. The van der Waals surface area contributed by atoms with E-state index in [9.17, 15) is 0 Å². The third-order valence-electron chi connectivity index (χ3n) is 5.24. The lowest BCUT2D eigenvalue weighted by atomic mass is 10.0. The van der Waals surface area contributed by atoms with Crippen LogP contribution in [0.2, 0.25) is 5.02 Å². The van der Waals surface area contributed by atoms with Crippen molar-refractivity contribution < 1.29 is 4.74 Å². The summed E-state index contributed by atoms with van der Waals surface area (Å²) in [6.45, 7) is 4.76. The number of hydrogen-bond acceptors (Lipinski definition) is 4. The van der Waals surface area contributed by atoms with Crippen molar-refractivity contribution in [3.8, 4) is 5.75 Å². The van der Waals surface area contributed by atoms with Gasteiger partial charge < -0.3 is 19.9 Å². The number of aromatic nitrogens is 3. The SMILES string of the molecule is CCc1nncn1CCNC(=NCc1cccc(Cl)c1)NC1CCOc2ccccc21.I. The summed E-state index contributed by atoms with van der Waals surface area (Å²) >= 11 is 6.13. The number of fused-ring (bicyclic) bond motifs is 1. The zero-order valence-corrected chi connectivity index (χ0v) is 21.1. The predicted octanol–water partition coefficient (Wildman–Crippen LogP) is 4.37. The van der Waals surface area contributed by atoms with E-state index in [-0.39, 0.29) is 30.0 Å². The molecule has 0 fully saturated rings. The minimum atomic E-state index is 0.